The van der Waals surface area contributed by atoms with E-state index in [1.54, 1.807) is 0 Å². The minimum absolute atomic E-state index is 1.00. The van der Waals surface area contributed by atoms with E-state index in [0.717, 1.165) is 13.2 Å². The summed E-state index contributed by atoms with van der Waals surface area (Å²) in [6, 6.07) is 20.8. The molecule has 2 aromatic rings. The SMILES string of the molecule is C1CCOCC1.c1ccc(-c2ccccc2)cc1. The lowest BCUT2D eigenvalue weighted by atomic mass is 10.1. The molecule has 1 aliphatic rings. The van der Waals surface area contributed by atoms with Crippen LogP contribution in [0, 0.1) is 0 Å². The fourth-order valence-electron chi connectivity index (χ4n) is 1.95. The molecule has 1 saturated heterocycles. The van der Waals surface area contributed by atoms with Gasteiger partial charge in [-0.25, -0.2) is 0 Å². The summed E-state index contributed by atoms with van der Waals surface area (Å²) in [6.45, 7) is 2.00. The molecule has 1 heterocycles. The standard InChI is InChI=1S/C12H10.C5H10O/c1-3-7-11(8-4-1)12-9-5-2-6-10-12;1-2-4-6-5-3-1/h1-10H;1-5H2. The molecular formula is C17H20O. The Hall–Kier alpha value is -1.60. The maximum atomic E-state index is 5.07. The van der Waals surface area contributed by atoms with Gasteiger partial charge in [0, 0.05) is 13.2 Å². The van der Waals surface area contributed by atoms with Crippen LogP contribution in [0.25, 0.3) is 11.1 Å². The molecule has 0 atom stereocenters. The Bertz CT molecular complexity index is 369. The van der Waals surface area contributed by atoms with E-state index >= 15 is 0 Å². The summed E-state index contributed by atoms with van der Waals surface area (Å²) in [5, 5.41) is 0. The number of rotatable bonds is 1. The van der Waals surface area contributed by atoms with Gasteiger partial charge in [0.25, 0.3) is 0 Å². The van der Waals surface area contributed by atoms with Gasteiger partial charge in [-0.2, -0.15) is 0 Å². The first-order valence-electron chi connectivity index (χ1n) is 6.65. The summed E-state index contributed by atoms with van der Waals surface area (Å²) in [5.74, 6) is 0. The van der Waals surface area contributed by atoms with Crippen molar-refractivity contribution in [2.75, 3.05) is 13.2 Å². The average Bonchev–Trinajstić information content (AvgIpc) is 2.51. The Morgan fingerprint density at radius 2 is 1.00 bits per heavy atom. The average molecular weight is 240 g/mol. The second-order valence-corrected chi connectivity index (χ2v) is 4.41. The van der Waals surface area contributed by atoms with E-state index in [2.05, 4.69) is 48.5 Å². The van der Waals surface area contributed by atoms with E-state index in [0.29, 0.717) is 0 Å². The van der Waals surface area contributed by atoms with E-state index in [9.17, 15) is 0 Å². The van der Waals surface area contributed by atoms with E-state index < -0.39 is 0 Å². The molecule has 18 heavy (non-hydrogen) atoms. The molecule has 94 valence electrons. The minimum atomic E-state index is 1.00. The van der Waals surface area contributed by atoms with Crippen molar-refractivity contribution >= 4 is 0 Å². The second-order valence-electron chi connectivity index (χ2n) is 4.41. The lowest BCUT2D eigenvalue weighted by molar-refractivity contribution is 0.0968. The van der Waals surface area contributed by atoms with Crippen LogP contribution in [-0.4, -0.2) is 13.2 Å². The summed E-state index contributed by atoms with van der Waals surface area (Å²) >= 11 is 0. The topological polar surface area (TPSA) is 9.23 Å². The van der Waals surface area contributed by atoms with Gasteiger partial charge in [-0.05, 0) is 30.4 Å². The molecule has 3 rings (SSSR count). The highest BCUT2D eigenvalue weighted by molar-refractivity contribution is 5.62. The molecule has 1 nitrogen and oxygen atoms in total. The molecule has 1 fully saturated rings. The zero-order valence-electron chi connectivity index (χ0n) is 10.7. The molecule has 1 heteroatoms. The summed E-state index contributed by atoms with van der Waals surface area (Å²) in [6.07, 6.45) is 3.93. The van der Waals surface area contributed by atoms with E-state index in [1.165, 1.54) is 30.4 Å². The maximum absolute atomic E-state index is 5.07. The van der Waals surface area contributed by atoms with Crippen molar-refractivity contribution in [2.45, 2.75) is 19.3 Å². The lowest BCUT2D eigenvalue weighted by Crippen LogP contribution is -2.03. The molecule has 0 unspecified atom stereocenters. The Morgan fingerprint density at radius 1 is 0.556 bits per heavy atom. The molecular weight excluding hydrogens is 220 g/mol. The fourth-order valence-corrected chi connectivity index (χ4v) is 1.95. The van der Waals surface area contributed by atoms with Crippen LogP contribution in [0.15, 0.2) is 60.7 Å². The van der Waals surface area contributed by atoms with Gasteiger partial charge in [0.15, 0.2) is 0 Å². The van der Waals surface area contributed by atoms with Gasteiger partial charge in [0.05, 0.1) is 0 Å². The summed E-state index contributed by atoms with van der Waals surface area (Å²) in [7, 11) is 0. The first-order chi connectivity index (χ1) is 8.97. The third-order valence-corrected chi connectivity index (χ3v) is 2.96. The number of hydrogen-bond donors (Lipinski definition) is 0. The molecule has 1 aliphatic heterocycles. The van der Waals surface area contributed by atoms with Crippen molar-refractivity contribution in [1.82, 2.24) is 0 Å². The largest absolute Gasteiger partial charge is 0.381 e. The van der Waals surface area contributed by atoms with Crippen LogP contribution in [-0.2, 0) is 4.74 Å². The quantitative estimate of drug-likeness (QED) is 0.711. The van der Waals surface area contributed by atoms with E-state index in [1.807, 2.05) is 12.1 Å². The Morgan fingerprint density at radius 3 is 1.28 bits per heavy atom. The number of hydrogen-bond acceptors (Lipinski definition) is 1. The molecule has 0 aliphatic carbocycles. The van der Waals surface area contributed by atoms with Crippen molar-refractivity contribution < 1.29 is 4.74 Å². The number of benzene rings is 2. The second kappa shape index (κ2) is 7.67. The van der Waals surface area contributed by atoms with Gasteiger partial charge in [-0.15, -0.1) is 0 Å². The van der Waals surface area contributed by atoms with Crippen LogP contribution in [0.2, 0.25) is 0 Å². The summed E-state index contributed by atoms with van der Waals surface area (Å²) in [4.78, 5) is 0. The van der Waals surface area contributed by atoms with Crippen molar-refractivity contribution in [2.24, 2.45) is 0 Å². The van der Waals surface area contributed by atoms with Crippen LogP contribution in [0.4, 0.5) is 0 Å². The van der Waals surface area contributed by atoms with Crippen molar-refractivity contribution in [1.29, 1.82) is 0 Å². The maximum Gasteiger partial charge on any atom is 0.0466 e. The van der Waals surface area contributed by atoms with Gasteiger partial charge in [0.1, 0.15) is 0 Å². The van der Waals surface area contributed by atoms with Gasteiger partial charge < -0.3 is 4.74 Å². The predicted octanol–water partition coefficient (Wildman–Crippen LogP) is 4.54. The fraction of sp³-hybridized carbons (Fsp3) is 0.294. The molecule has 0 aromatic heterocycles. The van der Waals surface area contributed by atoms with Gasteiger partial charge in [0.2, 0.25) is 0 Å². The van der Waals surface area contributed by atoms with Crippen molar-refractivity contribution in [3.05, 3.63) is 60.7 Å². The predicted molar refractivity (Wildman–Crippen MR) is 76.5 cm³/mol. The zero-order chi connectivity index (χ0) is 12.5. The van der Waals surface area contributed by atoms with Gasteiger partial charge in [-0.3, -0.25) is 0 Å². The monoisotopic (exact) mass is 240 g/mol. The smallest absolute Gasteiger partial charge is 0.0466 e. The Kier molecular flexibility index (Phi) is 5.48. The van der Waals surface area contributed by atoms with Crippen molar-refractivity contribution in [3.63, 3.8) is 0 Å². The van der Waals surface area contributed by atoms with E-state index in [-0.39, 0.29) is 0 Å². The Labute approximate surface area is 109 Å². The molecule has 0 amide bonds. The van der Waals surface area contributed by atoms with Crippen molar-refractivity contribution in [3.8, 4) is 11.1 Å². The lowest BCUT2D eigenvalue weighted by Gasteiger charge is -2.08. The molecule has 2 aromatic carbocycles. The number of ether oxygens (including phenoxy) is 1. The normalized spacial score (nSPS) is 14.4. The first-order valence-corrected chi connectivity index (χ1v) is 6.65. The van der Waals surface area contributed by atoms with Gasteiger partial charge in [-0.1, -0.05) is 60.7 Å². The highest BCUT2D eigenvalue weighted by Gasteiger charge is 1.95. The van der Waals surface area contributed by atoms with Gasteiger partial charge >= 0.3 is 0 Å². The van der Waals surface area contributed by atoms with Crippen LogP contribution in [0.1, 0.15) is 19.3 Å². The summed E-state index contributed by atoms with van der Waals surface area (Å²) < 4.78 is 5.07. The highest BCUT2D eigenvalue weighted by Crippen LogP contribution is 2.17. The third-order valence-electron chi connectivity index (χ3n) is 2.96. The van der Waals surface area contributed by atoms with Crippen LogP contribution < -0.4 is 0 Å². The minimum Gasteiger partial charge on any atom is -0.381 e. The van der Waals surface area contributed by atoms with Crippen LogP contribution >= 0.6 is 0 Å². The highest BCUT2D eigenvalue weighted by atomic mass is 16.5. The third kappa shape index (κ3) is 4.34. The van der Waals surface area contributed by atoms with Crippen LogP contribution in [0.3, 0.4) is 0 Å². The Balaban J connectivity index is 0.000000169. The molecule has 0 saturated carbocycles. The zero-order valence-corrected chi connectivity index (χ0v) is 10.7. The van der Waals surface area contributed by atoms with Crippen LogP contribution in [0.5, 0.6) is 0 Å². The molecule has 0 spiro atoms. The molecule has 0 radical (unpaired) electrons. The van der Waals surface area contributed by atoms with E-state index in [4.69, 9.17) is 4.74 Å². The first kappa shape index (κ1) is 12.8. The molecule has 0 N–H and O–H groups in total. The summed E-state index contributed by atoms with van der Waals surface area (Å²) in [5.41, 5.74) is 2.55. The molecule has 0 bridgehead atoms.